The molecule has 0 unspecified atom stereocenters. The molecule has 0 atom stereocenters. The molecule has 0 fully saturated rings. The molecular formula is C17H13N3O3S. The number of anilines is 1. The summed E-state index contributed by atoms with van der Waals surface area (Å²) in [6.07, 6.45) is 1.61. The number of carbonyl (C=O) groups excluding carboxylic acids is 2. The Kier molecular flexibility index (Phi) is 3.70. The summed E-state index contributed by atoms with van der Waals surface area (Å²) >= 11 is 1.48. The molecule has 1 N–H and O–H groups in total. The van der Waals surface area contributed by atoms with Crippen molar-refractivity contribution in [3.8, 4) is 5.75 Å². The van der Waals surface area contributed by atoms with Crippen LogP contribution in [0.15, 0.2) is 53.6 Å². The number of amides is 1. The quantitative estimate of drug-likeness (QED) is 0.586. The van der Waals surface area contributed by atoms with Crippen molar-refractivity contribution in [1.82, 2.24) is 10.2 Å². The van der Waals surface area contributed by atoms with E-state index in [1.54, 1.807) is 18.3 Å². The maximum Gasteiger partial charge on any atom is 0.331 e. The standard InChI is InChI=1S/C17H13N3O3S/c21-16-10-24-15-7-2-1-5-13(15)20(16)9-17(22)23-14-6-3-4-12-11(14)8-18-19-12/h1-8H,9-10H2,(H,18,19). The normalized spacial score (nSPS) is 13.8. The van der Waals surface area contributed by atoms with Gasteiger partial charge in [0.1, 0.15) is 12.3 Å². The Labute approximate surface area is 141 Å². The van der Waals surface area contributed by atoms with Crippen molar-refractivity contribution in [3.63, 3.8) is 0 Å². The highest BCUT2D eigenvalue weighted by molar-refractivity contribution is 8.00. The van der Waals surface area contributed by atoms with E-state index in [9.17, 15) is 9.59 Å². The number of hydrogen-bond acceptors (Lipinski definition) is 5. The lowest BCUT2D eigenvalue weighted by molar-refractivity contribution is -0.134. The number of esters is 1. The number of nitrogens with zero attached hydrogens (tertiary/aromatic N) is 2. The summed E-state index contributed by atoms with van der Waals surface area (Å²) in [6.45, 7) is -0.120. The highest BCUT2D eigenvalue weighted by Crippen LogP contribution is 2.34. The molecule has 24 heavy (non-hydrogen) atoms. The van der Waals surface area contributed by atoms with Crippen LogP contribution in [0.1, 0.15) is 0 Å². The van der Waals surface area contributed by atoms with Crippen LogP contribution in [-0.2, 0) is 9.59 Å². The van der Waals surface area contributed by atoms with Gasteiger partial charge in [0.15, 0.2) is 0 Å². The summed E-state index contributed by atoms with van der Waals surface area (Å²) in [6, 6.07) is 12.9. The Bertz CT molecular complexity index is 937. The summed E-state index contributed by atoms with van der Waals surface area (Å²) in [5.41, 5.74) is 1.54. The molecular weight excluding hydrogens is 326 g/mol. The fourth-order valence-electron chi connectivity index (χ4n) is 2.64. The van der Waals surface area contributed by atoms with Crippen LogP contribution in [0, 0.1) is 0 Å². The first-order valence-corrected chi connectivity index (χ1v) is 8.36. The molecule has 7 heteroatoms. The average molecular weight is 339 g/mol. The highest BCUT2D eigenvalue weighted by Gasteiger charge is 2.27. The topological polar surface area (TPSA) is 75.3 Å². The molecule has 4 rings (SSSR count). The van der Waals surface area contributed by atoms with Gasteiger partial charge in [-0.15, -0.1) is 11.8 Å². The smallest absolute Gasteiger partial charge is 0.331 e. The van der Waals surface area contributed by atoms with Crippen LogP contribution < -0.4 is 9.64 Å². The number of thioether (sulfide) groups is 1. The molecule has 6 nitrogen and oxygen atoms in total. The summed E-state index contributed by atoms with van der Waals surface area (Å²) in [7, 11) is 0. The molecule has 0 aliphatic carbocycles. The zero-order chi connectivity index (χ0) is 16.5. The summed E-state index contributed by atoms with van der Waals surface area (Å²) in [4.78, 5) is 27.0. The number of para-hydroxylation sites is 1. The molecule has 1 aliphatic heterocycles. The van der Waals surface area contributed by atoms with E-state index in [0.717, 1.165) is 21.5 Å². The summed E-state index contributed by atoms with van der Waals surface area (Å²) in [5.74, 6) is 0.163. The van der Waals surface area contributed by atoms with Crippen LogP contribution in [-0.4, -0.2) is 34.4 Å². The van der Waals surface area contributed by atoms with Crippen LogP contribution in [0.2, 0.25) is 0 Å². The number of nitrogens with one attached hydrogen (secondary N) is 1. The van der Waals surface area contributed by atoms with E-state index >= 15 is 0 Å². The number of fused-ring (bicyclic) bond motifs is 2. The SMILES string of the molecule is O=C(CN1C(=O)CSc2ccccc21)Oc1cccc2[nH]ncc12. The van der Waals surface area contributed by atoms with Crippen molar-refractivity contribution in [2.24, 2.45) is 0 Å². The summed E-state index contributed by atoms with van der Waals surface area (Å²) < 4.78 is 5.45. The van der Waals surface area contributed by atoms with Crippen molar-refractivity contribution in [2.75, 3.05) is 17.2 Å². The molecule has 0 radical (unpaired) electrons. The van der Waals surface area contributed by atoms with E-state index in [4.69, 9.17) is 4.74 Å². The van der Waals surface area contributed by atoms with Gasteiger partial charge in [-0.1, -0.05) is 18.2 Å². The van der Waals surface area contributed by atoms with Gasteiger partial charge in [-0.3, -0.25) is 14.8 Å². The third-order valence-corrected chi connectivity index (χ3v) is 4.81. The summed E-state index contributed by atoms with van der Waals surface area (Å²) in [5, 5.41) is 7.50. The van der Waals surface area contributed by atoms with E-state index in [0.29, 0.717) is 11.5 Å². The number of aromatic nitrogens is 2. The Morgan fingerprint density at radius 2 is 2.12 bits per heavy atom. The number of hydrogen-bond donors (Lipinski definition) is 1. The second-order valence-corrected chi connectivity index (χ2v) is 6.31. The van der Waals surface area contributed by atoms with E-state index < -0.39 is 5.97 Å². The fourth-order valence-corrected chi connectivity index (χ4v) is 3.58. The predicted octanol–water partition coefficient (Wildman–Crippen LogP) is 2.61. The van der Waals surface area contributed by atoms with Gasteiger partial charge in [0.05, 0.1) is 28.5 Å². The van der Waals surface area contributed by atoms with Gasteiger partial charge in [0.2, 0.25) is 5.91 Å². The zero-order valence-electron chi connectivity index (χ0n) is 12.6. The van der Waals surface area contributed by atoms with Gasteiger partial charge in [-0.05, 0) is 24.3 Å². The second-order valence-electron chi connectivity index (χ2n) is 5.30. The van der Waals surface area contributed by atoms with Crippen molar-refractivity contribution in [1.29, 1.82) is 0 Å². The maximum absolute atomic E-state index is 12.3. The molecule has 120 valence electrons. The van der Waals surface area contributed by atoms with E-state index in [2.05, 4.69) is 10.2 Å². The lowest BCUT2D eigenvalue weighted by Gasteiger charge is -2.27. The number of ether oxygens (including phenoxy) is 1. The minimum atomic E-state index is -0.487. The maximum atomic E-state index is 12.3. The van der Waals surface area contributed by atoms with Crippen molar-refractivity contribution < 1.29 is 14.3 Å². The molecule has 0 saturated heterocycles. The Morgan fingerprint density at radius 1 is 1.25 bits per heavy atom. The first-order chi connectivity index (χ1) is 11.7. The largest absolute Gasteiger partial charge is 0.424 e. The third kappa shape index (κ3) is 2.63. The van der Waals surface area contributed by atoms with Gasteiger partial charge < -0.3 is 4.74 Å². The molecule has 1 aromatic heterocycles. The van der Waals surface area contributed by atoms with Crippen molar-refractivity contribution >= 4 is 40.2 Å². The van der Waals surface area contributed by atoms with E-state index in [-0.39, 0.29) is 12.5 Å². The third-order valence-electron chi connectivity index (χ3n) is 3.76. The Balaban J connectivity index is 1.56. The molecule has 2 aromatic carbocycles. The van der Waals surface area contributed by atoms with Crippen molar-refractivity contribution in [2.45, 2.75) is 4.90 Å². The van der Waals surface area contributed by atoms with Crippen LogP contribution in [0.4, 0.5) is 5.69 Å². The van der Waals surface area contributed by atoms with Gasteiger partial charge in [0, 0.05) is 4.90 Å². The molecule has 2 heterocycles. The first kappa shape index (κ1) is 14.8. The number of rotatable bonds is 3. The molecule has 0 bridgehead atoms. The van der Waals surface area contributed by atoms with Gasteiger partial charge in [-0.2, -0.15) is 5.10 Å². The Morgan fingerprint density at radius 3 is 3.04 bits per heavy atom. The minimum Gasteiger partial charge on any atom is -0.424 e. The molecule has 0 saturated carbocycles. The van der Waals surface area contributed by atoms with Crippen LogP contribution >= 0.6 is 11.8 Å². The first-order valence-electron chi connectivity index (χ1n) is 7.37. The number of aromatic amines is 1. The lowest BCUT2D eigenvalue weighted by Crippen LogP contribution is -2.40. The van der Waals surface area contributed by atoms with Gasteiger partial charge >= 0.3 is 5.97 Å². The lowest BCUT2D eigenvalue weighted by atomic mass is 10.2. The van der Waals surface area contributed by atoms with Crippen molar-refractivity contribution in [3.05, 3.63) is 48.7 Å². The zero-order valence-corrected chi connectivity index (χ0v) is 13.4. The fraction of sp³-hybridized carbons (Fsp3) is 0.118. The van der Waals surface area contributed by atoms with E-state index in [1.165, 1.54) is 16.7 Å². The monoisotopic (exact) mass is 339 g/mol. The predicted molar refractivity (Wildman–Crippen MR) is 91.2 cm³/mol. The van der Waals surface area contributed by atoms with Crippen LogP contribution in [0.5, 0.6) is 5.75 Å². The number of H-pyrrole nitrogens is 1. The molecule has 1 amide bonds. The average Bonchev–Trinajstić information content (AvgIpc) is 3.07. The van der Waals surface area contributed by atoms with Crippen LogP contribution in [0.25, 0.3) is 10.9 Å². The molecule has 3 aromatic rings. The Hall–Kier alpha value is -2.80. The van der Waals surface area contributed by atoms with Crippen LogP contribution in [0.3, 0.4) is 0 Å². The van der Waals surface area contributed by atoms with E-state index in [1.807, 2.05) is 30.3 Å². The highest BCUT2D eigenvalue weighted by atomic mass is 32.2. The second kappa shape index (κ2) is 6.01. The molecule has 1 aliphatic rings. The van der Waals surface area contributed by atoms with Gasteiger partial charge in [0.25, 0.3) is 0 Å². The number of carbonyl (C=O) groups is 2. The number of benzene rings is 2. The molecule has 0 spiro atoms. The minimum absolute atomic E-state index is 0.0998. The van der Waals surface area contributed by atoms with Gasteiger partial charge in [-0.25, -0.2) is 4.79 Å².